The van der Waals surface area contributed by atoms with Crippen LogP contribution in [-0.4, -0.2) is 34.4 Å². The maximum absolute atomic E-state index is 11.8. The molecule has 0 radical (unpaired) electrons. The number of carbonyl (C=O) groups is 3. The third-order valence-electron chi connectivity index (χ3n) is 2.38. The first-order valence-electron chi connectivity index (χ1n) is 4.97. The monoisotopic (exact) mass is 329 g/mol. The van der Waals surface area contributed by atoms with Gasteiger partial charge < -0.3 is 5.11 Å². The van der Waals surface area contributed by atoms with Crippen LogP contribution in [0.5, 0.6) is 0 Å². The van der Waals surface area contributed by atoms with E-state index in [1.165, 1.54) is 23.9 Å². The number of carboxylic acid groups (broad SMARTS) is 1. The Morgan fingerprint density at radius 3 is 2.44 bits per heavy atom. The van der Waals surface area contributed by atoms with Crippen molar-refractivity contribution in [2.45, 2.75) is 0 Å². The fourth-order valence-electron chi connectivity index (χ4n) is 1.63. The van der Waals surface area contributed by atoms with Gasteiger partial charge in [-0.05, 0) is 18.2 Å². The van der Waals surface area contributed by atoms with Crippen LogP contribution in [0, 0.1) is 0 Å². The van der Waals surface area contributed by atoms with Crippen molar-refractivity contribution in [1.29, 1.82) is 0 Å². The zero-order valence-electron chi connectivity index (χ0n) is 9.05. The van der Waals surface area contributed by atoms with Crippen molar-refractivity contribution >= 4 is 51.2 Å². The normalized spacial score (nSPS) is 15.9. The molecule has 0 saturated carbocycles. The lowest BCUT2D eigenvalue weighted by atomic mass is 10.1. The van der Waals surface area contributed by atoms with Gasteiger partial charge in [-0.25, -0.2) is 9.69 Å². The number of rotatable bonds is 2. The highest BCUT2D eigenvalue weighted by Gasteiger charge is 2.30. The summed E-state index contributed by atoms with van der Waals surface area (Å²) in [7, 11) is 0. The summed E-state index contributed by atoms with van der Waals surface area (Å²) in [4.78, 5) is 35.6. The number of anilines is 1. The summed E-state index contributed by atoms with van der Waals surface area (Å²) in [5.74, 6) is -1.60. The predicted octanol–water partition coefficient (Wildman–Crippen LogP) is 1.75. The topological polar surface area (TPSA) is 74.7 Å². The molecule has 1 aliphatic rings. The molecule has 0 aromatic heterocycles. The van der Waals surface area contributed by atoms with E-state index in [1.807, 2.05) is 0 Å². The summed E-state index contributed by atoms with van der Waals surface area (Å²) in [5.41, 5.74) is 0.0546. The lowest BCUT2D eigenvalue weighted by Crippen LogP contribution is -2.43. The molecular weight excluding hydrogens is 322 g/mol. The van der Waals surface area contributed by atoms with Crippen molar-refractivity contribution in [3.05, 3.63) is 28.2 Å². The molecule has 5 nitrogen and oxygen atoms in total. The average Bonchev–Trinajstić information content (AvgIpc) is 2.28. The molecule has 0 bridgehead atoms. The van der Waals surface area contributed by atoms with E-state index in [2.05, 4.69) is 15.9 Å². The van der Waals surface area contributed by atoms with Crippen LogP contribution in [0.4, 0.5) is 5.69 Å². The molecule has 0 aliphatic carbocycles. The molecule has 18 heavy (non-hydrogen) atoms. The van der Waals surface area contributed by atoms with Crippen molar-refractivity contribution in [1.82, 2.24) is 0 Å². The van der Waals surface area contributed by atoms with Gasteiger partial charge in [0.25, 0.3) is 0 Å². The molecule has 2 rings (SSSR count). The minimum absolute atomic E-state index is 0.0631. The molecule has 2 amide bonds. The smallest absolute Gasteiger partial charge is 0.337 e. The molecule has 1 N–H and O–H groups in total. The Kier molecular flexibility index (Phi) is 3.72. The number of aromatic carboxylic acids is 1. The van der Waals surface area contributed by atoms with Crippen molar-refractivity contribution in [3.8, 4) is 0 Å². The average molecular weight is 330 g/mol. The number of halogens is 1. The number of carbonyl (C=O) groups excluding carboxylic acids is 2. The first kappa shape index (κ1) is 13.1. The Bertz CT molecular complexity index is 530. The Hall–Kier alpha value is -1.34. The Morgan fingerprint density at radius 1 is 1.28 bits per heavy atom. The maximum atomic E-state index is 11.8. The largest absolute Gasteiger partial charge is 0.478 e. The van der Waals surface area contributed by atoms with Crippen molar-refractivity contribution in [2.75, 3.05) is 16.4 Å². The van der Waals surface area contributed by atoms with Gasteiger partial charge in [-0.15, -0.1) is 11.8 Å². The molecule has 1 aliphatic heterocycles. The third kappa shape index (κ3) is 2.41. The van der Waals surface area contributed by atoms with Gasteiger partial charge in [0.05, 0.1) is 22.8 Å². The number of carboxylic acids is 1. The van der Waals surface area contributed by atoms with Crippen LogP contribution in [0.1, 0.15) is 10.4 Å². The highest BCUT2D eigenvalue weighted by molar-refractivity contribution is 9.10. The number of imide groups is 1. The molecular formula is C11H8BrNO4S. The van der Waals surface area contributed by atoms with Gasteiger partial charge in [0.15, 0.2) is 0 Å². The first-order chi connectivity index (χ1) is 8.50. The highest BCUT2D eigenvalue weighted by atomic mass is 79.9. The van der Waals surface area contributed by atoms with E-state index in [-0.39, 0.29) is 22.8 Å². The van der Waals surface area contributed by atoms with Crippen LogP contribution in [0.2, 0.25) is 0 Å². The maximum Gasteiger partial charge on any atom is 0.337 e. The number of hydrogen-bond donors (Lipinski definition) is 1. The van der Waals surface area contributed by atoms with Crippen LogP contribution in [0.25, 0.3) is 0 Å². The van der Waals surface area contributed by atoms with Crippen LogP contribution in [-0.2, 0) is 9.59 Å². The molecule has 7 heteroatoms. The lowest BCUT2D eigenvalue weighted by molar-refractivity contribution is -0.124. The fourth-order valence-corrected chi connectivity index (χ4v) is 2.69. The van der Waals surface area contributed by atoms with Gasteiger partial charge in [0, 0.05) is 4.47 Å². The second-order valence-electron chi connectivity index (χ2n) is 3.58. The van der Waals surface area contributed by atoms with E-state index >= 15 is 0 Å². The van der Waals surface area contributed by atoms with Gasteiger partial charge >= 0.3 is 5.97 Å². The highest BCUT2D eigenvalue weighted by Crippen LogP contribution is 2.28. The van der Waals surface area contributed by atoms with Crippen LogP contribution < -0.4 is 4.90 Å². The molecule has 1 aromatic carbocycles. The van der Waals surface area contributed by atoms with Crippen LogP contribution in [0.3, 0.4) is 0 Å². The number of amides is 2. The van der Waals surface area contributed by atoms with Gasteiger partial charge in [0.2, 0.25) is 11.8 Å². The Balaban J connectivity index is 2.54. The van der Waals surface area contributed by atoms with E-state index < -0.39 is 17.8 Å². The zero-order valence-corrected chi connectivity index (χ0v) is 11.5. The fraction of sp³-hybridized carbons (Fsp3) is 0.182. The molecule has 1 fully saturated rings. The zero-order chi connectivity index (χ0) is 13.3. The van der Waals surface area contributed by atoms with E-state index in [1.54, 1.807) is 6.07 Å². The van der Waals surface area contributed by atoms with E-state index in [0.29, 0.717) is 4.47 Å². The minimum Gasteiger partial charge on any atom is -0.478 e. The molecule has 1 heterocycles. The Morgan fingerprint density at radius 2 is 1.89 bits per heavy atom. The summed E-state index contributed by atoms with van der Waals surface area (Å²) in [6, 6.07) is 4.39. The van der Waals surface area contributed by atoms with Gasteiger partial charge in [-0.2, -0.15) is 0 Å². The number of benzene rings is 1. The molecule has 1 saturated heterocycles. The second-order valence-corrected chi connectivity index (χ2v) is 5.48. The molecule has 1 aromatic rings. The van der Waals surface area contributed by atoms with Crippen LogP contribution >= 0.6 is 27.7 Å². The number of thioether (sulfide) groups is 1. The standard InChI is InChI=1S/C11H8BrNO4S/c12-6-1-2-7(11(16)17)8(3-6)13-9(14)4-18-5-10(13)15/h1-3H,4-5H2,(H,16,17). The summed E-state index contributed by atoms with van der Waals surface area (Å²) < 4.78 is 0.612. The van der Waals surface area contributed by atoms with Crippen molar-refractivity contribution in [2.24, 2.45) is 0 Å². The van der Waals surface area contributed by atoms with Gasteiger partial charge in [0.1, 0.15) is 0 Å². The van der Waals surface area contributed by atoms with Crippen LogP contribution in [0.15, 0.2) is 22.7 Å². The van der Waals surface area contributed by atoms with Crippen molar-refractivity contribution < 1.29 is 19.5 Å². The molecule has 94 valence electrons. The first-order valence-corrected chi connectivity index (χ1v) is 6.92. The predicted molar refractivity (Wildman–Crippen MR) is 70.9 cm³/mol. The minimum atomic E-state index is -1.17. The summed E-state index contributed by atoms with van der Waals surface area (Å²) in [6.45, 7) is 0. The number of hydrogen-bond acceptors (Lipinski definition) is 4. The summed E-state index contributed by atoms with van der Waals surface area (Å²) >= 11 is 4.43. The van der Waals surface area contributed by atoms with E-state index in [9.17, 15) is 14.4 Å². The quantitative estimate of drug-likeness (QED) is 0.837. The molecule has 0 spiro atoms. The van der Waals surface area contributed by atoms with Gasteiger partial charge in [-0.1, -0.05) is 15.9 Å². The second kappa shape index (κ2) is 5.11. The Labute approximate surface area is 115 Å². The van der Waals surface area contributed by atoms with Crippen molar-refractivity contribution in [3.63, 3.8) is 0 Å². The van der Waals surface area contributed by atoms with E-state index in [4.69, 9.17) is 5.11 Å². The SMILES string of the molecule is O=C(O)c1ccc(Br)cc1N1C(=O)CSCC1=O. The third-order valence-corrected chi connectivity index (χ3v) is 3.78. The lowest BCUT2D eigenvalue weighted by Gasteiger charge is -2.25. The van der Waals surface area contributed by atoms with Gasteiger partial charge in [-0.3, -0.25) is 9.59 Å². The number of nitrogens with zero attached hydrogens (tertiary/aromatic N) is 1. The molecule has 0 atom stereocenters. The summed E-state index contributed by atoms with van der Waals surface area (Å²) in [6.07, 6.45) is 0. The molecule has 0 unspecified atom stereocenters. The van der Waals surface area contributed by atoms with E-state index in [0.717, 1.165) is 4.90 Å². The summed E-state index contributed by atoms with van der Waals surface area (Å²) in [5, 5.41) is 9.09.